The van der Waals surface area contributed by atoms with Crippen LogP contribution in [0.25, 0.3) is 5.57 Å². The number of benzene rings is 2. The second kappa shape index (κ2) is 8.02. The van der Waals surface area contributed by atoms with Crippen LogP contribution in [0.5, 0.6) is 0 Å². The van der Waals surface area contributed by atoms with Crippen LogP contribution in [0.15, 0.2) is 42.6 Å². The smallest absolute Gasteiger partial charge is 0.257 e. The number of ether oxygens (including phenoxy) is 1. The average molecular weight is 381 g/mol. The van der Waals surface area contributed by atoms with E-state index in [2.05, 4.69) is 22.9 Å². The zero-order valence-electron chi connectivity index (χ0n) is 15.8. The van der Waals surface area contributed by atoms with Crippen LogP contribution in [0.2, 0.25) is 0 Å². The van der Waals surface area contributed by atoms with E-state index in [9.17, 15) is 9.18 Å². The number of hydrogen-bond donors (Lipinski definition) is 3. The highest BCUT2D eigenvalue weighted by Gasteiger charge is 2.24. The number of carbonyl (C=O) groups excluding carboxylic acids is 1. The predicted molar refractivity (Wildman–Crippen MR) is 110 cm³/mol. The highest BCUT2D eigenvalue weighted by molar-refractivity contribution is 6.31. The second-order valence-electron chi connectivity index (χ2n) is 7.31. The summed E-state index contributed by atoms with van der Waals surface area (Å²) in [4.78, 5) is 12.2. The summed E-state index contributed by atoms with van der Waals surface area (Å²) in [7, 11) is 0. The van der Waals surface area contributed by atoms with E-state index in [0.717, 1.165) is 49.5 Å². The van der Waals surface area contributed by atoms with Crippen molar-refractivity contribution < 1.29 is 13.9 Å². The van der Waals surface area contributed by atoms with Crippen molar-refractivity contribution in [3.8, 4) is 0 Å². The Hall–Kier alpha value is -2.86. The standard InChI is InChI=1S/C22H24FN3O2/c1-14-10-17(3-5-20(14)25-12-15-6-8-28-9-7-15)24-13-19-18-11-16(23)2-4-21(18)26-22(19)27/h2-5,10-11,13,15,24-25H,6-9,12H2,1H3,(H,26,27). The Bertz CT molecular complexity index is 920. The molecule has 2 aromatic rings. The number of amides is 1. The Morgan fingerprint density at radius 2 is 2.04 bits per heavy atom. The molecule has 146 valence electrons. The molecule has 1 fully saturated rings. The number of hydrogen-bond acceptors (Lipinski definition) is 4. The monoisotopic (exact) mass is 381 g/mol. The molecule has 0 radical (unpaired) electrons. The maximum Gasteiger partial charge on any atom is 0.257 e. The van der Waals surface area contributed by atoms with Crippen molar-refractivity contribution >= 4 is 28.5 Å². The molecule has 2 aliphatic rings. The van der Waals surface area contributed by atoms with Crippen LogP contribution in [0.4, 0.5) is 21.5 Å². The van der Waals surface area contributed by atoms with E-state index in [1.54, 1.807) is 12.3 Å². The Kier molecular flexibility index (Phi) is 5.30. The third-order valence-corrected chi connectivity index (χ3v) is 5.30. The van der Waals surface area contributed by atoms with Crippen molar-refractivity contribution in [3.63, 3.8) is 0 Å². The van der Waals surface area contributed by atoms with Crippen molar-refractivity contribution in [1.82, 2.24) is 0 Å². The molecular weight excluding hydrogens is 357 g/mol. The van der Waals surface area contributed by atoms with Crippen LogP contribution < -0.4 is 16.0 Å². The zero-order chi connectivity index (χ0) is 19.5. The molecule has 0 aromatic heterocycles. The minimum Gasteiger partial charge on any atom is -0.385 e. The van der Waals surface area contributed by atoms with Gasteiger partial charge >= 0.3 is 0 Å². The lowest BCUT2D eigenvalue weighted by atomic mass is 10.00. The molecule has 0 aliphatic carbocycles. The number of anilines is 3. The predicted octanol–water partition coefficient (Wildman–Crippen LogP) is 4.38. The molecular formula is C22H24FN3O2. The summed E-state index contributed by atoms with van der Waals surface area (Å²) in [6.07, 6.45) is 3.83. The summed E-state index contributed by atoms with van der Waals surface area (Å²) < 4.78 is 18.9. The van der Waals surface area contributed by atoms with Crippen molar-refractivity contribution in [2.75, 3.05) is 35.7 Å². The quantitative estimate of drug-likeness (QED) is 0.673. The van der Waals surface area contributed by atoms with E-state index < -0.39 is 0 Å². The van der Waals surface area contributed by atoms with Gasteiger partial charge in [0.2, 0.25) is 0 Å². The summed E-state index contributed by atoms with van der Waals surface area (Å²) in [6, 6.07) is 10.3. The summed E-state index contributed by atoms with van der Waals surface area (Å²) in [5.41, 5.74) is 4.73. The first kappa shape index (κ1) is 18.5. The normalized spacial score (nSPS) is 18.1. The van der Waals surface area contributed by atoms with Gasteiger partial charge in [-0.3, -0.25) is 4.79 Å². The molecule has 2 heterocycles. The number of aryl methyl sites for hydroxylation is 1. The Morgan fingerprint density at radius 3 is 2.82 bits per heavy atom. The number of rotatable bonds is 5. The Morgan fingerprint density at radius 1 is 1.21 bits per heavy atom. The molecule has 1 saturated heterocycles. The third kappa shape index (κ3) is 4.02. The average Bonchev–Trinajstić information content (AvgIpc) is 3.01. The van der Waals surface area contributed by atoms with Gasteiger partial charge in [-0.15, -0.1) is 0 Å². The van der Waals surface area contributed by atoms with Crippen LogP contribution in [0, 0.1) is 18.7 Å². The van der Waals surface area contributed by atoms with E-state index in [4.69, 9.17) is 4.74 Å². The van der Waals surface area contributed by atoms with Gasteiger partial charge in [0.15, 0.2) is 0 Å². The van der Waals surface area contributed by atoms with Gasteiger partial charge in [0.05, 0.1) is 5.57 Å². The second-order valence-corrected chi connectivity index (χ2v) is 7.31. The van der Waals surface area contributed by atoms with Gasteiger partial charge in [-0.1, -0.05) is 0 Å². The minimum atomic E-state index is -0.364. The SMILES string of the molecule is Cc1cc(NC=C2C(=O)Nc3ccc(F)cc32)ccc1NCC1CCOCC1. The molecule has 0 bridgehead atoms. The fraction of sp³-hybridized carbons (Fsp3) is 0.318. The van der Waals surface area contributed by atoms with Crippen molar-refractivity contribution in [2.45, 2.75) is 19.8 Å². The number of nitrogens with one attached hydrogen (secondary N) is 3. The molecule has 28 heavy (non-hydrogen) atoms. The van der Waals surface area contributed by atoms with E-state index in [0.29, 0.717) is 22.7 Å². The molecule has 2 aromatic carbocycles. The molecule has 0 unspecified atom stereocenters. The summed E-state index contributed by atoms with van der Waals surface area (Å²) >= 11 is 0. The topological polar surface area (TPSA) is 62.4 Å². The van der Waals surface area contributed by atoms with Crippen LogP contribution in [-0.2, 0) is 9.53 Å². The molecule has 0 spiro atoms. The van der Waals surface area contributed by atoms with Crippen molar-refractivity contribution in [2.24, 2.45) is 5.92 Å². The van der Waals surface area contributed by atoms with E-state index >= 15 is 0 Å². The molecule has 4 rings (SSSR count). The van der Waals surface area contributed by atoms with Gasteiger partial charge in [-0.25, -0.2) is 4.39 Å². The first-order valence-corrected chi connectivity index (χ1v) is 9.60. The molecule has 5 nitrogen and oxygen atoms in total. The van der Waals surface area contributed by atoms with E-state index in [1.807, 2.05) is 18.2 Å². The maximum atomic E-state index is 13.5. The fourth-order valence-corrected chi connectivity index (χ4v) is 3.62. The van der Waals surface area contributed by atoms with Crippen LogP contribution in [0.3, 0.4) is 0 Å². The lowest BCUT2D eigenvalue weighted by Crippen LogP contribution is -2.22. The van der Waals surface area contributed by atoms with Gasteiger partial charge < -0.3 is 20.7 Å². The zero-order valence-corrected chi connectivity index (χ0v) is 15.8. The largest absolute Gasteiger partial charge is 0.385 e. The molecule has 6 heteroatoms. The molecule has 3 N–H and O–H groups in total. The minimum absolute atomic E-state index is 0.237. The lowest BCUT2D eigenvalue weighted by molar-refractivity contribution is -0.110. The van der Waals surface area contributed by atoms with Crippen LogP contribution in [0.1, 0.15) is 24.0 Å². The lowest BCUT2D eigenvalue weighted by Gasteiger charge is -2.23. The van der Waals surface area contributed by atoms with Crippen LogP contribution in [-0.4, -0.2) is 25.7 Å². The van der Waals surface area contributed by atoms with Crippen molar-refractivity contribution in [1.29, 1.82) is 0 Å². The number of halogens is 1. The van der Waals surface area contributed by atoms with Gasteiger partial charge in [0, 0.05) is 48.6 Å². The first-order valence-electron chi connectivity index (χ1n) is 9.60. The third-order valence-electron chi connectivity index (χ3n) is 5.30. The first-order chi connectivity index (χ1) is 13.6. The summed E-state index contributed by atoms with van der Waals surface area (Å²) in [6.45, 7) is 4.70. The van der Waals surface area contributed by atoms with Gasteiger partial charge in [0.1, 0.15) is 5.82 Å². The van der Waals surface area contributed by atoms with Gasteiger partial charge in [0.25, 0.3) is 5.91 Å². The number of fused-ring (bicyclic) bond motifs is 1. The maximum absolute atomic E-state index is 13.5. The summed E-state index contributed by atoms with van der Waals surface area (Å²) in [5, 5.41) is 9.44. The Balaban J connectivity index is 1.43. The van der Waals surface area contributed by atoms with Crippen molar-refractivity contribution in [3.05, 3.63) is 59.5 Å². The highest BCUT2D eigenvalue weighted by Crippen LogP contribution is 2.32. The molecule has 2 aliphatic heterocycles. The number of carbonyl (C=O) groups is 1. The fourth-order valence-electron chi connectivity index (χ4n) is 3.62. The highest BCUT2D eigenvalue weighted by atomic mass is 19.1. The molecule has 0 atom stereocenters. The van der Waals surface area contributed by atoms with Gasteiger partial charge in [-0.2, -0.15) is 0 Å². The molecule has 0 saturated carbocycles. The van der Waals surface area contributed by atoms with Gasteiger partial charge in [-0.05, 0) is 67.6 Å². The summed E-state index contributed by atoms with van der Waals surface area (Å²) in [5.74, 6) is 0.0496. The van der Waals surface area contributed by atoms with E-state index in [-0.39, 0.29) is 11.7 Å². The van der Waals surface area contributed by atoms with E-state index in [1.165, 1.54) is 12.1 Å². The Labute approximate surface area is 164 Å². The molecule has 1 amide bonds. The van der Waals surface area contributed by atoms with Crippen LogP contribution >= 0.6 is 0 Å².